The van der Waals surface area contributed by atoms with Gasteiger partial charge in [-0.25, -0.2) is 4.79 Å². The first-order valence-corrected chi connectivity index (χ1v) is 10.1. The van der Waals surface area contributed by atoms with E-state index >= 15 is 0 Å². The first kappa shape index (κ1) is 24.6. The van der Waals surface area contributed by atoms with Crippen LogP contribution in [0.1, 0.15) is 22.3 Å². The molecular formula is C25H23N2NaO5. The van der Waals surface area contributed by atoms with Gasteiger partial charge in [-0.15, -0.1) is 0 Å². The number of ether oxygens (including phenoxy) is 2. The summed E-state index contributed by atoms with van der Waals surface area (Å²) in [5, 5.41) is 0. The van der Waals surface area contributed by atoms with E-state index in [1.54, 1.807) is 7.11 Å². The van der Waals surface area contributed by atoms with Gasteiger partial charge in [0.1, 0.15) is 18.1 Å². The Hall–Kier alpha value is -3.00. The van der Waals surface area contributed by atoms with Gasteiger partial charge >= 0.3 is 35.3 Å². The maximum absolute atomic E-state index is 11.5. The number of rotatable bonds is 7. The van der Waals surface area contributed by atoms with Crippen LogP contribution < -0.4 is 55.5 Å². The first-order chi connectivity index (χ1) is 15.4. The second-order valence-electron chi connectivity index (χ2n) is 7.52. The Morgan fingerprint density at radius 3 is 2.21 bits per heavy atom. The molecule has 8 heteroatoms. The van der Waals surface area contributed by atoms with Crippen LogP contribution in [0, 0.1) is 13.8 Å². The van der Waals surface area contributed by atoms with Crippen molar-refractivity contribution in [2.75, 3.05) is 7.11 Å². The van der Waals surface area contributed by atoms with E-state index in [4.69, 9.17) is 14.0 Å². The summed E-state index contributed by atoms with van der Waals surface area (Å²) in [6.45, 7) is 4.71. The van der Waals surface area contributed by atoms with Crippen LogP contribution in [-0.4, -0.2) is 11.8 Å². The van der Waals surface area contributed by atoms with Gasteiger partial charge < -0.3 is 19.0 Å². The van der Waals surface area contributed by atoms with Crippen molar-refractivity contribution in [2.24, 2.45) is 0 Å². The molecule has 0 N–H and O–H groups in total. The Morgan fingerprint density at radius 1 is 0.939 bits per heavy atom. The SMILES string of the molecule is COc1ccc(COc2ccc(Cn3oc(=O)[n-]c3=O)cc2)cc1-c1c(C)cccc1C.[Na+]. The predicted octanol–water partition coefficient (Wildman–Crippen LogP) is 0.682. The number of benzene rings is 3. The molecule has 0 fully saturated rings. The van der Waals surface area contributed by atoms with Crippen LogP contribution in [0.25, 0.3) is 11.1 Å². The van der Waals surface area contributed by atoms with Crippen LogP contribution in [0.5, 0.6) is 11.5 Å². The summed E-state index contributed by atoms with van der Waals surface area (Å²) in [5.74, 6) is 0.613. The Labute approximate surface area is 213 Å². The predicted molar refractivity (Wildman–Crippen MR) is 120 cm³/mol. The summed E-state index contributed by atoms with van der Waals surface area (Å²) in [6.07, 6.45) is 0. The molecule has 0 atom stereocenters. The number of hydrogen-bond acceptors (Lipinski definition) is 5. The minimum Gasteiger partial charge on any atom is -0.496 e. The van der Waals surface area contributed by atoms with Gasteiger partial charge in [0.2, 0.25) is 0 Å². The van der Waals surface area contributed by atoms with E-state index in [9.17, 15) is 9.59 Å². The van der Waals surface area contributed by atoms with E-state index in [2.05, 4.69) is 43.1 Å². The average Bonchev–Trinajstić information content (AvgIpc) is 3.09. The average molecular weight is 454 g/mol. The van der Waals surface area contributed by atoms with Crippen molar-refractivity contribution >= 4 is 0 Å². The van der Waals surface area contributed by atoms with E-state index in [-0.39, 0.29) is 36.1 Å². The van der Waals surface area contributed by atoms with Crippen LogP contribution in [0.15, 0.2) is 74.8 Å². The third-order valence-electron chi connectivity index (χ3n) is 5.26. The molecule has 0 bridgehead atoms. The van der Waals surface area contributed by atoms with Crippen LogP contribution in [0.2, 0.25) is 0 Å². The monoisotopic (exact) mass is 454 g/mol. The fourth-order valence-corrected chi connectivity index (χ4v) is 3.69. The van der Waals surface area contributed by atoms with Gasteiger partial charge in [0.05, 0.1) is 7.11 Å². The molecule has 0 radical (unpaired) electrons. The number of hydrogen-bond donors (Lipinski definition) is 0. The molecule has 164 valence electrons. The van der Waals surface area contributed by atoms with Crippen molar-refractivity contribution in [1.29, 1.82) is 0 Å². The molecule has 0 aliphatic rings. The fraction of sp³-hybridized carbons (Fsp3) is 0.200. The van der Waals surface area contributed by atoms with Crippen LogP contribution in [0.3, 0.4) is 0 Å². The maximum atomic E-state index is 11.5. The van der Waals surface area contributed by atoms with Crippen molar-refractivity contribution in [2.45, 2.75) is 27.0 Å². The van der Waals surface area contributed by atoms with Crippen molar-refractivity contribution in [1.82, 2.24) is 9.72 Å². The summed E-state index contributed by atoms with van der Waals surface area (Å²) in [5.41, 5.74) is 5.68. The Kier molecular flexibility index (Phi) is 8.02. The van der Waals surface area contributed by atoms with Gasteiger partial charge in [-0.1, -0.05) is 36.4 Å². The van der Waals surface area contributed by atoms with Crippen LogP contribution >= 0.6 is 0 Å². The number of aryl methyl sites for hydroxylation is 2. The zero-order chi connectivity index (χ0) is 22.7. The normalized spacial score (nSPS) is 10.5. The zero-order valence-corrected chi connectivity index (χ0v) is 21.1. The third kappa shape index (κ3) is 5.68. The minimum absolute atomic E-state index is 0. The molecule has 33 heavy (non-hydrogen) atoms. The molecule has 4 rings (SSSR count). The fourth-order valence-electron chi connectivity index (χ4n) is 3.69. The van der Waals surface area contributed by atoms with Crippen LogP contribution in [0.4, 0.5) is 0 Å². The molecule has 0 saturated heterocycles. The molecule has 0 aliphatic carbocycles. The van der Waals surface area contributed by atoms with Crippen molar-refractivity contribution in [3.8, 4) is 22.6 Å². The standard InChI is InChI=1S/C25H24N2O5.Na/c1-16-5-4-6-17(2)23(16)21-13-19(9-12-22(21)30-3)15-31-20-10-7-18(8-11-20)14-27-24(28)26-25(29)32-27;/h4-13H,14-15H2,1-3H3,(H,26,28,29);/q;+1/p-1. The minimum atomic E-state index is -0.894. The second-order valence-corrected chi connectivity index (χ2v) is 7.52. The van der Waals surface area contributed by atoms with Crippen LogP contribution in [-0.2, 0) is 13.2 Å². The third-order valence-corrected chi connectivity index (χ3v) is 5.26. The van der Waals surface area contributed by atoms with Crippen molar-refractivity contribution in [3.63, 3.8) is 0 Å². The molecule has 3 aromatic carbocycles. The summed E-state index contributed by atoms with van der Waals surface area (Å²) >= 11 is 0. The van der Waals surface area contributed by atoms with Gasteiger partial charge in [0.15, 0.2) is 5.69 Å². The van der Waals surface area contributed by atoms with Gasteiger partial charge in [-0.3, -0.25) is 9.53 Å². The quantitative estimate of drug-likeness (QED) is 0.382. The summed E-state index contributed by atoms with van der Waals surface area (Å²) in [6, 6.07) is 19.5. The van der Waals surface area contributed by atoms with E-state index in [1.165, 1.54) is 16.7 Å². The summed E-state index contributed by atoms with van der Waals surface area (Å²) in [7, 11) is 1.68. The zero-order valence-electron chi connectivity index (χ0n) is 19.1. The second kappa shape index (κ2) is 10.7. The molecule has 7 nitrogen and oxygen atoms in total. The van der Waals surface area contributed by atoms with E-state index < -0.39 is 11.4 Å². The molecule has 1 aromatic heterocycles. The molecule has 4 aromatic rings. The summed E-state index contributed by atoms with van der Waals surface area (Å²) < 4.78 is 17.2. The van der Waals surface area contributed by atoms with Gasteiger partial charge in [0.25, 0.3) is 0 Å². The van der Waals surface area contributed by atoms with E-state index in [1.807, 2.05) is 36.4 Å². The molecule has 1 heterocycles. The van der Waals surface area contributed by atoms with Gasteiger partial charge in [-0.2, -0.15) is 0 Å². The largest absolute Gasteiger partial charge is 1.00 e. The molecular weight excluding hydrogens is 431 g/mol. The van der Waals surface area contributed by atoms with E-state index in [0.717, 1.165) is 27.2 Å². The number of nitrogens with zero attached hydrogens (tertiary/aromatic N) is 2. The molecule has 0 aliphatic heterocycles. The maximum Gasteiger partial charge on any atom is 1.00 e. The topological polar surface area (TPSA) is 84.8 Å². The van der Waals surface area contributed by atoms with Gasteiger partial charge in [0, 0.05) is 12.1 Å². The van der Waals surface area contributed by atoms with Crippen molar-refractivity contribution < 1.29 is 43.6 Å². The van der Waals surface area contributed by atoms with Gasteiger partial charge in [-0.05, 0) is 65.9 Å². The molecule has 0 amide bonds. The molecule has 0 unspecified atom stereocenters. The molecule has 0 spiro atoms. The smallest absolute Gasteiger partial charge is 0.496 e. The van der Waals surface area contributed by atoms with Crippen molar-refractivity contribution in [3.05, 3.63) is 104 Å². The Morgan fingerprint density at radius 2 is 1.61 bits per heavy atom. The Bertz CT molecular complexity index is 1330. The number of aromatic nitrogens is 2. The van der Waals surface area contributed by atoms with E-state index in [0.29, 0.717) is 12.4 Å². The Balaban J connectivity index is 0.00000306. The summed E-state index contributed by atoms with van der Waals surface area (Å²) in [4.78, 5) is 25.7. The first-order valence-electron chi connectivity index (χ1n) is 10.1. The number of methoxy groups -OCH3 is 1. The molecule has 0 saturated carbocycles.